The predicted molar refractivity (Wildman–Crippen MR) is 158 cm³/mol. The molecule has 3 N–H and O–H groups in total. The molecule has 1 fully saturated rings. The van der Waals surface area contributed by atoms with Crippen molar-refractivity contribution in [3.05, 3.63) is 48.0 Å². The fourth-order valence-electron chi connectivity index (χ4n) is 4.73. The van der Waals surface area contributed by atoms with Crippen molar-refractivity contribution in [3.8, 4) is 11.4 Å². The molecule has 6 nitrogen and oxygen atoms in total. The molecular formula is C32H46N4O2. The fourth-order valence-corrected chi connectivity index (χ4v) is 4.73. The van der Waals surface area contributed by atoms with Crippen LogP contribution < -0.4 is 10.6 Å². The lowest BCUT2D eigenvalue weighted by molar-refractivity contribution is -0.122. The number of imidazole rings is 1. The molecule has 1 heterocycles. The van der Waals surface area contributed by atoms with Crippen LogP contribution in [0.15, 0.2) is 42.5 Å². The Bertz CT molecular complexity index is 1180. The molecule has 38 heavy (non-hydrogen) atoms. The maximum Gasteiger partial charge on any atom is 0.251 e. The SMILES string of the molecule is CCC(C)C(C)NC(=O)c1ccc(-c2nc3ccc(NC(=O)C4CCCCC4C)cc3[nH]2)cc1.CCCC. The number of amides is 2. The fraction of sp³-hybridized carbons (Fsp3) is 0.531. The first-order chi connectivity index (χ1) is 18.3. The minimum atomic E-state index is -0.0587. The third kappa shape index (κ3) is 7.68. The molecule has 206 valence electrons. The van der Waals surface area contributed by atoms with Gasteiger partial charge in [0, 0.05) is 28.8 Å². The Kier molecular flexibility index (Phi) is 10.9. The van der Waals surface area contributed by atoms with Crippen molar-refractivity contribution in [2.45, 2.75) is 92.5 Å². The zero-order valence-corrected chi connectivity index (χ0v) is 24.1. The van der Waals surface area contributed by atoms with Crippen molar-refractivity contribution < 1.29 is 9.59 Å². The van der Waals surface area contributed by atoms with Gasteiger partial charge in [0.15, 0.2) is 0 Å². The quantitative estimate of drug-likeness (QED) is 0.283. The summed E-state index contributed by atoms with van der Waals surface area (Å²) in [5.74, 6) is 1.74. The average Bonchev–Trinajstić information content (AvgIpc) is 3.36. The summed E-state index contributed by atoms with van der Waals surface area (Å²) in [7, 11) is 0. The van der Waals surface area contributed by atoms with Crippen LogP contribution in [-0.4, -0.2) is 27.8 Å². The van der Waals surface area contributed by atoms with Crippen molar-refractivity contribution in [1.29, 1.82) is 0 Å². The van der Waals surface area contributed by atoms with E-state index in [1.165, 1.54) is 19.3 Å². The van der Waals surface area contributed by atoms with Crippen LogP contribution in [0.3, 0.4) is 0 Å². The van der Waals surface area contributed by atoms with Crippen molar-refractivity contribution in [2.75, 3.05) is 5.32 Å². The molecule has 0 saturated heterocycles. The van der Waals surface area contributed by atoms with E-state index in [9.17, 15) is 9.59 Å². The standard InChI is InChI=1S/C28H36N4O2.C4H10/c1-5-17(2)19(4)29-27(33)21-12-10-20(11-13-21)26-31-24-15-14-22(16-25(24)32-26)30-28(34)23-9-7-6-8-18(23)3;1-3-4-2/h10-19,23H,5-9H2,1-4H3,(H,29,33)(H,30,34)(H,31,32);3-4H2,1-2H3. The van der Waals surface area contributed by atoms with E-state index in [-0.39, 0.29) is 23.8 Å². The Morgan fingerprint density at radius 2 is 1.68 bits per heavy atom. The molecular weight excluding hydrogens is 472 g/mol. The van der Waals surface area contributed by atoms with E-state index in [2.05, 4.69) is 50.2 Å². The lowest BCUT2D eigenvalue weighted by Crippen LogP contribution is -2.36. The molecule has 4 unspecified atom stereocenters. The van der Waals surface area contributed by atoms with E-state index in [0.29, 0.717) is 17.4 Å². The number of aromatic amines is 1. The van der Waals surface area contributed by atoms with Gasteiger partial charge in [-0.15, -0.1) is 0 Å². The minimum absolute atomic E-state index is 0.0587. The summed E-state index contributed by atoms with van der Waals surface area (Å²) in [5, 5.41) is 6.18. The molecule has 1 aliphatic rings. The number of unbranched alkanes of at least 4 members (excludes halogenated alkanes) is 1. The van der Waals surface area contributed by atoms with Crippen molar-refractivity contribution in [2.24, 2.45) is 17.8 Å². The molecule has 1 saturated carbocycles. The van der Waals surface area contributed by atoms with Gasteiger partial charge in [0.05, 0.1) is 11.0 Å². The summed E-state index contributed by atoms with van der Waals surface area (Å²) in [5.41, 5.74) is 4.03. The third-order valence-electron chi connectivity index (χ3n) is 7.97. The summed E-state index contributed by atoms with van der Waals surface area (Å²) in [6.07, 6.45) is 8.10. The highest BCUT2D eigenvalue weighted by molar-refractivity contribution is 5.96. The Hall–Kier alpha value is -3.15. The first kappa shape index (κ1) is 29.4. The lowest BCUT2D eigenvalue weighted by atomic mass is 9.80. The highest BCUT2D eigenvalue weighted by Gasteiger charge is 2.27. The van der Waals surface area contributed by atoms with Crippen LogP contribution in [-0.2, 0) is 4.79 Å². The van der Waals surface area contributed by atoms with Gasteiger partial charge in [0.1, 0.15) is 5.82 Å². The number of hydrogen-bond acceptors (Lipinski definition) is 3. The van der Waals surface area contributed by atoms with Gasteiger partial charge in [-0.25, -0.2) is 4.98 Å². The molecule has 2 amide bonds. The normalized spacial score (nSPS) is 18.7. The van der Waals surface area contributed by atoms with Gasteiger partial charge in [-0.1, -0.05) is 78.9 Å². The van der Waals surface area contributed by atoms with Crippen LogP contribution in [0.2, 0.25) is 0 Å². The molecule has 2 aromatic carbocycles. The topological polar surface area (TPSA) is 86.9 Å². The Balaban J connectivity index is 0.000000934. The van der Waals surface area contributed by atoms with Gasteiger partial charge in [-0.3, -0.25) is 9.59 Å². The van der Waals surface area contributed by atoms with E-state index >= 15 is 0 Å². The number of carbonyl (C=O) groups excluding carboxylic acids is 2. The van der Waals surface area contributed by atoms with Crippen molar-refractivity contribution >= 4 is 28.5 Å². The minimum Gasteiger partial charge on any atom is -0.349 e. The van der Waals surface area contributed by atoms with Crippen LogP contribution in [0.5, 0.6) is 0 Å². The number of H-pyrrole nitrogens is 1. The highest BCUT2D eigenvalue weighted by Crippen LogP contribution is 2.31. The van der Waals surface area contributed by atoms with E-state index in [0.717, 1.165) is 53.8 Å². The third-order valence-corrected chi connectivity index (χ3v) is 7.97. The van der Waals surface area contributed by atoms with E-state index in [1.807, 2.05) is 49.4 Å². The maximum absolute atomic E-state index is 12.8. The number of aromatic nitrogens is 2. The average molecular weight is 519 g/mol. The van der Waals surface area contributed by atoms with Crippen molar-refractivity contribution in [1.82, 2.24) is 15.3 Å². The number of anilines is 1. The summed E-state index contributed by atoms with van der Waals surface area (Å²) in [4.78, 5) is 33.4. The van der Waals surface area contributed by atoms with E-state index in [1.54, 1.807) is 0 Å². The van der Waals surface area contributed by atoms with Crippen molar-refractivity contribution in [3.63, 3.8) is 0 Å². The molecule has 0 radical (unpaired) electrons. The van der Waals surface area contributed by atoms with Gasteiger partial charge in [0.2, 0.25) is 5.91 Å². The Morgan fingerprint density at radius 3 is 2.32 bits per heavy atom. The van der Waals surface area contributed by atoms with Gasteiger partial charge in [-0.2, -0.15) is 0 Å². The summed E-state index contributed by atoms with van der Waals surface area (Å²) >= 11 is 0. The molecule has 1 aliphatic carbocycles. The zero-order chi connectivity index (χ0) is 27.7. The molecule has 1 aromatic heterocycles. The molecule has 0 aliphatic heterocycles. The lowest BCUT2D eigenvalue weighted by Gasteiger charge is -2.27. The van der Waals surface area contributed by atoms with Crippen LogP contribution >= 0.6 is 0 Å². The first-order valence-corrected chi connectivity index (χ1v) is 14.5. The second-order valence-corrected chi connectivity index (χ2v) is 10.9. The summed E-state index contributed by atoms with van der Waals surface area (Å²) in [6, 6.07) is 13.4. The maximum atomic E-state index is 12.8. The van der Waals surface area contributed by atoms with Crippen LogP contribution in [0, 0.1) is 17.8 Å². The number of nitrogens with zero attached hydrogens (tertiary/aromatic N) is 1. The smallest absolute Gasteiger partial charge is 0.251 e. The van der Waals surface area contributed by atoms with Gasteiger partial charge in [0.25, 0.3) is 5.91 Å². The number of benzene rings is 2. The largest absolute Gasteiger partial charge is 0.349 e. The number of fused-ring (bicyclic) bond motifs is 1. The summed E-state index contributed by atoms with van der Waals surface area (Å²) in [6.45, 7) is 12.8. The number of hydrogen-bond donors (Lipinski definition) is 3. The molecule has 4 atom stereocenters. The monoisotopic (exact) mass is 518 g/mol. The second kappa shape index (κ2) is 14.1. The highest BCUT2D eigenvalue weighted by atomic mass is 16.2. The number of rotatable bonds is 8. The molecule has 6 heteroatoms. The van der Waals surface area contributed by atoms with Crippen LogP contribution in [0.25, 0.3) is 22.4 Å². The molecule has 4 rings (SSSR count). The van der Waals surface area contributed by atoms with Gasteiger partial charge in [-0.05, 0) is 61.9 Å². The molecule has 0 spiro atoms. The van der Waals surface area contributed by atoms with E-state index < -0.39 is 0 Å². The Morgan fingerprint density at radius 1 is 1.00 bits per heavy atom. The van der Waals surface area contributed by atoms with Crippen LogP contribution in [0.1, 0.15) is 96.8 Å². The Labute approximate surface area is 228 Å². The first-order valence-electron chi connectivity index (χ1n) is 14.5. The molecule has 3 aromatic rings. The number of nitrogens with one attached hydrogen (secondary N) is 3. The van der Waals surface area contributed by atoms with E-state index in [4.69, 9.17) is 4.98 Å². The molecule has 0 bridgehead atoms. The van der Waals surface area contributed by atoms with Gasteiger partial charge >= 0.3 is 0 Å². The summed E-state index contributed by atoms with van der Waals surface area (Å²) < 4.78 is 0. The predicted octanol–water partition coefficient (Wildman–Crippen LogP) is 7.97. The second-order valence-electron chi connectivity index (χ2n) is 10.9. The number of carbonyl (C=O) groups is 2. The van der Waals surface area contributed by atoms with Gasteiger partial charge < -0.3 is 15.6 Å². The zero-order valence-electron chi connectivity index (χ0n) is 24.1. The van der Waals surface area contributed by atoms with Crippen LogP contribution in [0.4, 0.5) is 5.69 Å².